The van der Waals surface area contributed by atoms with Crippen molar-refractivity contribution in [1.82, 2.24) is 10.2 Å². The van der Waals surface area contributed by atoms with Gasteiger partial charge in [-0.05, 0) is 26.0 Å². The van der Waals surface area contributed by atoms with Gasteiger partial charge in [-0.2, -0.15) is 0 Å². The summed E-state index contributed by atoms with van der Waals surface area (Å²) < 4.78 is 11.4. The fourth-order valence-electron chi connectivity index (χ4n) is 2.57. The van der Waals surface area contributed by atoms with E-state index in [1.165, 1.54) is 5.56 Å². The smallest absolute Gasteiger partial charge is 0.118 e. The van der Waals surface area contributed by atoms with E-state index >= 15 is 0 Å². The quantitative estimate of drug-likeness (QED) is 0.857. The molecule has 1 fully saturated rings. The highest BCUT2D eigenvalue weighted by atomic mass is 16.5. The highest BCUT2D eigenvalue weighted by Gasteiger charge is 2.22. The second-order valence-electron chi connectivity index (χ2n) is 5.18. The highest BCUT2D eigenvalue weighted by Crippen LogP contribution is 2.19. The molecule has 1 aliphatic rings. The van der Waals surface area contributed by atoms with Crippen LogP contribution in [0, 0.1) is 6.92 Å². The molecule has 1 atom stereocenters. The molecule has 0 spiro atoms. The number of ether oxygens (including phenoxy) is 1. The van der Waals surface area contributed by atoms with Gasteiger partial charge >= 0.3 is 0 Å². The van der Waals surface area contributed by atoms with Gasteiger partial charge in [0.25, 0.3) is 0 Å². The Hall–Kier alpha value is -0.840. The monoisotopic (exact) mass is 266 g/mol. The Balaban J connectivity index is 1.97. The molecule has 2 rings (SSSR count). The van der Waals surface area contributed by atoms with Crippen LogP contribution in [0.5, 0.6) is 0 Å². The third-order valence-corrected chi connectivity index (χ3v) is 3.82. The number of hydrogen-bond donors (Lipinski definition) is 1. The summed E-state index contributed by atoms with van der Waals surface area (Å²) in [5.41, 5.74) is 1.28. The maximum atomic E-state index is 5.88. The second-order valence-corrected chi connectivity index (χ2v) is 5.18. The van der Waals surface area contributed by atoms with Crippen LogP contribution in [0.15, 0.2) is 10.5 Å². The van der Waals surface area contributed by atoms with Crippen LogP contribution in [0.25, 0.3) is 0 Å². The van der Waals surface area contributed by atoms with Crippen LogP contribution in [0.2, 0.25) is 0 Å². The minimum Gasteiger partial charge on any atom is -0.465 e. The van der Waals surface area contributed by atoms with Crippen molar-refractivity contribution in [2.24, 2.45) is 0 Å². The Kier molecular flexibility index (Phi) is 5.43. The molecule has 0 radical (unpaired) electrons. The Morgan fingerprint density at radius 3 is 3.00 bits per heavy atom. The van der Waals surface area contributed by atoms with E-state index in [4.69, 9.17) is 9.15 Å². The Morgan fingerprint density at radius 1 is 1.42 bits per heavy atom. The van der Waals surface area contributed by atoms with Crippen LogP contribution in [0.1, 0.15) is 37.4 Å². The second kappa shape index (κ2) is 7.08. The lowest BCUT2D eigenvalue weighted by Gasteiger charge is -2.34. The molecule has 4 heteroatoms. The van der Waals surface area contributed by atoms with Gasteiger partial charge in [-0.15, -0.1) is 0 Å². The van der Waals surface area contributed by atoms with Gasteiger partial charge in [0.2, 0.25) is 0 Å². The lowest BCUT2D eigenvalue weighted by Crippen LogP contribution is -2.44. The van der Waals surface area contributed by atoms with Gasteiger partial charge in [0, 0.05) is 24.7 Å². The Morgan fingerprint density at radius 2 is 2.26 bits per heavy atom. The fourth-order valence-corrected chi connectivity index (χ4v) is 2.57. The number of hydrogen-bond acceptors (Lipinski definition) is 4. The van der Waals surface area contributed by atoms with Crippen molar-refractivity contribution in [3.63, 3.8) is 0 Å². The zero-order valence-electron chi connectivity index (χ0n) is 12.4. The van der Waals surface area contributed by atoms with Crippen molar-refractivity contribution < 1.29 is 9.15 Å². The first-order chi connectivity index (χ1) is 9.24. The zero-order valence-corrected chi connectivity index (χ0v) is 12.4. The molecule has 4 nitrogen and oxygen atoms in total. The van der Waals surface area contributed by atoms with Crippen molar-refractivity contribution in [1.29, 1.82) is 0 Å². The van der Waals surface area contributed by atoms with Gasteiger partial charge in [0.05, 0.1) is 19.8 Å². The van der Waals surface area contributed by atoms with Crippen molar-refractivity contribution in [3.05, 3.63) is 23.2 Å². The topological polar surface area (TPSA) is 37.6 Å². The lowest BCUT2D eigenvalue weighted by atomic mass is 10.1. The van der Waals surface area contributed by atoms with Crippen LogP contribution in [-0.2, 0) is 17.8 Å². The van der Waals surface area contributed by atoms with E-state index in [9.17, 15) is 0 Å². The number of rotatable bonds is 6. The lowest BCUT2D eigenvalue weighted by molar-refractivity contribution is -0.0154. The molecule has 1 saturated heterocycles. The normalized spacial score (nSPS) is 20.9. The summed E-state index contributed by atoms with van der Waals surface area (Å²) in [7, 11) is 0. The number of nitrogens with one attached hydrogen (secondary N) is 1. The molecule has 0 aromatic carbocycles. The molecule has 1 aromatic heterocycles. The SMILES string of the molecule is CCNCc1cc(CN2CCOCC2CC)oc1C. The van der Waals surface area contributed by atoms with Crippen LogP contribution in [0.4, 0.5) is 0 Å². The molecule has 19 heavy (non-hydrogen) atoms. The summed E-state index contributed by atoms with van der Waals surface area (Å²) in [5, 5.41) is 3.35. The molecule has 0 amide bonds. The number of nitrogens with zero attached hydrogens (tertiary/aromatic N) is 1. The fraction of sp³-hybridized carbons (Fsp3) is 0.733. The molecule has 1 aromatic rings. The van der Waals surface area contributed by atoms with Gasteiger partial charge in [0.1, 0.15) is 11.5 Å². The molecular weight excluding hydrogens is 240 g/mol. The molecule has 1 N–H and O–H groups in total. The Bertz CT molecular complexity index is 389. The first kappa shape index (κ1) is 14.6. The number of furan rings is 1. The molecular formula is C15H26N2O2. The van der Waals surface area contributed by atoms with Gasteiger partial charge < -0.3 is 14.5 Å². The minimum absolute atomic E-state index is 0.524. The molecule has 1 aliphatic heterocycles. The standard InChI is InChI=1S/C15H26N2O2/c1-4-14-11-18-7-6-17(14)10-15-8-13(9-16-5-2)12(3)19-15/h8,14,16H,4-7,9-11H2,1-3H3. The summed E-state index contributed by atoms with van der Waals surface area (Å²) in [4.78, 5) is 2.47. The van der Waals surface area contributed by atoms with E-state index in [1.54, 1.807) is 0 Å². The average Bonchev–Trinajstić information content (AvgIpc) is 2.77. The first-order valence-electron chi connectivity index (χ1n) is 7.35. The average molecular weight is 266 g/mol. The van der Waals surface area contributed by atoms with Gasteiger partial charge in [0.15, 0.2) is 0 Å². The van der Waals surface area contributed by atoms with E-state index in [0.29, 0.717) is 6.04 Å². The molecule has 0 saturated carbocycles. The summed E-state index contributed by atoms with van der Waals surface area (Å²) in [5.74, 6) is 2.11. The van der Waals surface area contributed by atoms with Crippen LogP contribution >= 0.6 is 0 Å². The van der Waals surface area contributed by atoms with E-state index in [1.807, 2.05) is 6.92 Å². The van der Waals surface area contributed by atoms with Gasteiger partial charge in [-0.3, -0.25) is 4.90 Å². The summed E-state index contributed by atoms with van der Waals surface area (Å²) >= 11 is 0. The molecule has 1 unspecified atom stereocenters. The number of aryl methyl sites for hydroxylation is 1. The first-order valence-corrected chi connectivity index (χ1v) is 7.35. The van der Waals surface area contributed by atoms with Crippen molar-refractivity contribution in [2.45, 2.75) is 46.3 Å². The summed E-state index contributed by atoms with van der Waals surface area (Å²) in [6.45, 7) is 11.9. The molecule has 108 valence electrons. The highest BCUT2D eigenvalue weighted by molar-refractivity contribution is 5.20. The predicted molar refractivity (Wildman–Crippen MR) is 76.1 cm³/mol. The van der Waals surface area contributed by atoms with Gasteiger partial charge in [-0.1, -0.05) is 13.8 Å². The predicted octanol–water partition coefficient (Wildman–Crippen LogP) is 2.31. The maximum absolute atomic E-state index is 5.88. The third-order valence-electron chi connectivity index (χ3n) is 3.82. The van der Waals surface area contributed by atoms with Crippen LogP contribution in [0.3, 0.4) is 0 Å². The number of morpholine rings is 1. The van der Waals surface area contributed by atoms with Crippen molar-refractivity contribution in [2.75, 3.05) is 26.3 Å². The minimum atomic E-state index is 0.524. The molecule has 0 aliphatic carbocycles. The molecule has 2 heterocycles. The third kappa shape index (κ3) is 3.81. The van der Waals surface area contributed by atoms with Crippen molar-refractivity contribution >= 4 is 0 Å². The maximum Gasteiger partial charge on any atom is 0.118 e. The van der Waals surface area contributed by atoms with E-state index in [-0.39, 0.29) is 0 Å². The van der Waals surface area contributed by atoms with Crippen LogP contribution in [-0.4, -0.2) is 37.2 Å². The van der Waals surface area contributed by atoms with E-state index in [2.05, 4.69) is 30.1 Å². The van der Waals surface area contributed by atoms with Gasteiger partial charge in [-0.25, -0.2) is 0 Å². The summed E-state index contributed by atoms with van der Waals surface area (Å²) in [6.07, 6.45) is 1.13. The summed E-state index contributed by atoms with van der Waals surface area (Å²) in [6, 6.07) is 2.72. The zero-order chi connectivity index (χ0) is 13.7. The van der Waals surface area contributed by atoms with Crippen molar-refractivity contribution in [3.8, 4) is 0 Å². The van der Waals surface area contributed by atoms with E-state index in [0.717, 1.165) is 57.3 Å². The van der Waals surface area contributed by atoms with E-state index < -0.39 is 0 Å². The van der Waals surface area contributed by atoms with Crippen LogP contribution < -0.4 is 5.32 Å². The molecule has 0 bridgehead atoms. The largest absolute Gasteiger partial charge is 0.465 e. The Labute approximate surface area is 116 Å².